The van der Waals surface area contributed by atoms with Gasteiger partial charge in [0.05, 0.1) is 6.10 Å². The lowest BCUT2D eigenvalue weighted by Crippen LogP contribution is -2.26. The molecule has 3 N–H and O–H groups in total. The van der Waals surface area contributed by atoms with Crippen LogP contribution in [-0.4, -0.2) is 32.7 Å². The summed E-state index contributed by atoms with van der Waals surface area (Å²) in [6.07, 6.45) is 2.19. The molecule has 2 heterocycles. The Hall–Kier alpha value is -2.21. The van der Waals surface area contributed by atoms with Crippen LogP contribution in [-0.2, 0) is 0 Å². The highest BCUT2D eigenvalue weighted by molar-refractivity contribution is 5.56. The first-order valence-corrected chi connectivity index (χ1v) is 7.88. The van der Waals surface area contributed by atoms with Crippen molar-refractivity contribution < 1.29 is 5.11 Å². The molecular weight excluding hydrogens is 292 g/mol. The lowest BCUT2D eigenvalue weighted by molar-refractivity contribution is 0.126. The number of hydrogen-bond donors (Lipinski definition) is 3. The van der Waals surface area contributed by atoms with E-state index >= 15 is 0 Å². The molecule has 0 bridgehead atoms. The predicted octanol–water partition coefficient (Wildman–Crippen LogP) is 2.27. The Morgan fingerprint density at radius 2 is 2.09 bits per heavy atom. The van der Waals surface area contributed by atoms with E-state index in [9.17, 15) is 9.90 Å². The van der Waals surface area contributed by atoms with Gasteiger partial charge in [-0.3, -0.25) is 4.79 Å². The van der Waals surface area contributed by atoms with Crippen LogP contribution in [0.1, 0.15) is 31.5 Å². The smallest absolute Gasteiger partial charge is 0.254 e. The van der Waals surface area contributed by atoms with Crippen LogP contribution in [0.5, 0.6) is 0 Å². The summed E-state index contributed by atoms with van der Waals surface area (Å²) in [5.74, 6) is 1.44. The number of rotatable bonds is 6. The molecule has 2 aromatic heterocycles. The fraction of sp³-hybridized carbons (Fsp3) is 0.471. The van der Waals surface area contributed by atoms with Crippen LogP contribution in [0.2, 0.25) is 0 Å². The standard InChI is InChI=1S/C17H24N4O2/c1-5-10(2)14(22)9-19-15-7-6-13(8-18-15)16-20-12(4)11(3)17(23)21-16/h6-8,10,14,22H,5,9H2,1-4H3,(H,18,19)(H,20,21,23). The van der Waals surface area contributed by atoms with Crippen LogP contribution in [0.25, 0.3) is 11.4 Å². The van der Waals surface area contributed by atoms with Gasteiger partial charge in [0.25, 0.3) is 5.56 Å². The van der Waals surface area contributed by atoms with Crippen LogP contribution in [0.15, 0.2) is 23.1 Å². The second-order valence-corrected chi connectivity index (χ2v) is 5.89. The lowest BCUT2D eigenvalue weighted by Gasteiger charge is -2.17. The maximum Gasteiger partial charge on any atom is 0.254 e. The third kappa shape index (κ3) is 4.16. The zero-order valence-corrected chi connectivity index (χ0v) is 14.1. The Kier molecular flexibility index (Phi) is 5.50. The van der Waals surface area contributed by atoms with Crippen molar-refractivity contribution in [3.8, 4) is 11.4 Å². The van der Waals surface area contributed by atoms with Crippen molar-refractivity contribution in [3.63, 3.8) is 0 Å². The quantitative estimate of drug-likeness (QED) is 0.760. The fourth-order valence-electron chi connectivity index (χ4n) is 2.10. The van der Waals surface area contributed by atoms with E-state index in [0.29, 0.717) is 29.4 Å². The molecule has 0 amide bonds. The summed E-state index contributed by atoms with van der Waals surface area (Å²) in [6, 6.07) is 3.66. The van der Waals surface area contributed by atoms with Gasteiger partial charge in [0.2, 0.25) is 0 Å². The summed E-state index contributed by atoms with van der Waals surface area (Å²) in [5, 5.41) is 13.1. The zero-order chi connectivity index (χ0) is 17.0. The first kappa shape index (κ1) is 17.1. The van der Waals surface area contributed by atoms with Gasteiger partial charge in [0, 0.05) is 29.6 Å². The van der Waals surface area contributed by atoms with Gasteiger partial charge < -0.3 is 15.4 Å². The number of aryl methyl sites for hydroxylation is 1. The number of aliphatic hydroxyl groups excluding tert-OH is 1. The molecular formula is C17H24N4O2. The van der Waals surface area contributed by atoms with Gasteiger partial charge in [-0.05, 0) is 31.9 Å². The number of aromatic nitrogens is 3. The summed E-state index contributed by atoms with van der Waals surface area (Å²) >= 11 is 0. The topological polar surface area (TPSA) is 90.9 Å². The molecule has 2 aromatic rings. The Balaban J connectivity index is 2.09. The van der Waals surface area contributed by atoms with Crippen LogP contribution in [0.3, 0.4) is 0 Å². The number of aliphatic hydroxyl groups is 1. The minimum absolute atomic E-state index is 0.133. The summed E-state index contributed by atoms with van der Waals surface area (Å²) in [7, 11) is 0. The Bertz CT molecular complexity index is 710. The number of aromatic amines is 1. The highest BCUT2D eigenvalue weighted by Gasteiger charge is 2.12. The summed E-state index contributed by atoms with van der Waals surface area (Å²) in [5.41, 5.74) is 1.95. The van der Waals surface area contributed by atoms with Gasteiger partial charge in [-0.15, -0.1) is 0 Å². The van der Waals surface area contributed by atoms with Crippen LogP contribution in [0, 0.1) is 19.8 Å². The van der Waals surface area contributed by atoms with Crippen molar-refractivity contribution in [2.75, 3.05) is 11.9 Å². The molecule has 0 radical (unpaired) electrons. The molecule has 0 fully saturated rings. The van der Waals surface area contributed by atoms with E-state index < -0.39 is 6.10 Å². The molecule has 0 saturated heterocycles. The third-order valence-electron chi connectivity index (χ3n) is 4.22. The largest absolute Gasteiger partial charge is 0.391 e. The Morgan fingerprint density at radius 3 is 2.65 bits per heavy atom. The van der Waals surface area contributed by atoms with Crippen molar-refractivity contribution in [1.82, 2.24) is 15.0 Å². The molecule has 0 saturated carbocycles. The lowest BCUT2D eigenvalue weighted by atomic mass is 10.0. The molecule has 124 valence electrons. The molecule has 0 spiro atoms. The number of nitrogens with one attached hydrogen (secondary N) is 2. The first-order chi connectivity index (χ1) is 10.9. The van der Waals surface area contributed by atoms with E-state index in [-0.39, 0.29) is 11.5 Å². The average molecular weight is 316 g/mol. The van der Waals surface area contributed by atoms with Gasteiger partial charge in [0.15, 0.2) is 0 Å². The van der Waals surface area contributed by atoms with E-state index in [2.05, 4.69) is 27.2 Å². The molecule has 6 heteroatoms. The molecule has 0 aromatic carbocycles. The normalized spacial score (nSPS) is 13.6. The second kappa shape index (κ2) is 7.37. The summed E-state index contributed by atoms with van der Waals surface area (Å²) in [4.78, 5) is 23.3. The van der Waals surface area contributed by atoms with E-state index in [4.69, 9.17) is 0 Å². The van der Waals surface area contributed by atoms with Crippen LogP contribution >= 0.6 is 0 Å². The molecule has 0 aliphatic carbocycles. The SMILES string of the molecule is CCC(C)C(O)CNc1ccc(-c2nc(C)c(C)c(=O)[nH]2)cn1. The minimum atomic E-state index is -0.403. The maximum atomic E-state index is 11.8. The van der Waals surface area contributed by atoms with Gasteiger partial charge in [-0.2, -0.15) is 0 Å². The number of pyridine rings is 1. The van der Waals surface area contributed by atoms with Gasteiger partial charge in [-0.25, -0.2) is 9.97 Å². The fourth-order valence-corrected chi connectivity index (χ4v) is 2.10. The van der Waals surface area contributed by atoms with Crippen molar-refractivity contribution in [2.45, 2.75) is 40.2 Å². The van der Waals surface area contributed by atoms with Crippen molar-refractivity contribution in [2.24, 2.45) is 5.92 Å². The van der Waals surface area contributed by atoms with Crippen molar-refractivity contribution >= 4 is 5.82 Å². The zero-order valence-electron chi connectivity index (χ0n) is 14.1. The van der Waals surface area contributed by atoms with Crippen molar-refractivity contribution in [3.05, 3.63) is 39.9 Å². The van der Waals surface area contributed by atoms with E-state index in [1.807, 2.05) is 26.0 Å². The molecule has 2 unspecified atom stereocenters. The maximum absolute atomic E-state index is 11.8. The molecule has 23 heavy (non-hydrogen) atoms. The monoisotopic (exact) mass is 316 g/mol. The van der Waals surface area contributed by atoms with Gasteiger partial charge in [-0.1, -0.05) is 20.3 Å². The number of anilines is 1. The molecule has 2 atom stereocenters. The Morgan fingerprint density at radius 1 is 1.35 bits per heavy atom. The predicted molar refractivity (Wildman–Crippen MR) is 91.5 cm³/mol. The molecule has 2 rings (SSSR count). The van der Waals surface area contributed by atoms with E-state index in [0.717, 1.165) is 12.0 Å². The second-order valence-electron chi connectivity index (χ2n) is 5.89. The summed E-state index contributed by atoms with van der Waals surface area (Å²) in [6.45, 7) is 8.09. The third-order valence-corrected chi connectivity index (χ3v) is 4.22. The highest BCUT2D eigenvalue weighted by atomic mass is 16.3. The molecule has 0 aliphatic rings. The molecule has 0 aliphatic heterocycles. The van der Waals surface area contributed by atoms with Gasteiger partial charge in [0.1, 0.15) is 11.6 Å². The van der Waals surface area contributed by atoms with Crippen LogP contribution in [0.4, 0.5) is 5.82 Å². The van der Waals surface area contributed by atoms with Crippen molar-refractivity contribution in [1.29, 1.82) is 0 Å². The number of H-pyrrole nitrogens is 1. The minimum Gasteiger partial charge on any atom is -0.391 e. The first-order valence-electron chi connectivity index (χ1n) is 7.88. The van der Waals surface area contributed by atoms with Gasteiger partial charge >= 0.3 is 0 Å². The van der Waals surface area contributed by atoms with E-state index in [1.54, 1.807) is 13.1 Å². The summed E-state index contributed by atoms with van der Waals surface area (Å²) < 4.78 is 0. The number of hydrogen-bond acceptors (Lipinski definition) is 5. The average Bonchev–Trinajstić information content (AvgIpc) is 2.56. The highest BCUT2D eigenvalue weighted by Crippen LogP contribution is 2.16. The molecule has 6 nitrogen and oxygen atoms in total. The number of nitrogens with zero attached hydrogens (tertiary/aromatic N) is 2. The van der Waals surface area contributed by atoms with E-state index in [1.165, 1.54) is 0 Å². The van der Waals surface area contributed by atoms with Crippen LogP contribution < -0.4 is 10.9 Å². The Labute approximate surface area is 136 Å².